The molecule has 0 aromatic heterocycles. The number of rotatable bonds is 5. The smallest absolute Gasteiger partial charge is 0.0587 e. The van der Waals surface area contributed by atoms with Crippen LogP contribution in [0.3, 0.4) is 0 Å². The molecular formula is C14H30N2O. The van der Waals surface area contributed by atoms with E-state index in [-0.39, 0.29) is 5.54 Å². The van der Waals surface area contributed by atoms with E-state index in [2.05, 4.69) is 33.0 Å². The molecule has 0 aromatic carbocycles. The van der Waals surface area contributed by atoms with Crippen molar-refractivity contribution < 1.29 is 4.74 Å². The highest BCUT2D eigenvalue weighted by molar-refractivity contribution is 5.03. The lowest BCUT2D eigenvalue weighted by molar-refractivity contribution is 0.0289. The predicted molar refractivity (Wildman–Crippen MR) is 73.1 cm³/mol. The van der Waals surface area contributed by atoms with Crippen molar-refractivity contribution in [3.8, 4) is 0 Å². The second-order valence-corrected chi connectivity index (χ2v) is 7.26. The maximum atomic E-state index is 6.06. The Bertz CT molecular complexity index is 233. The van der Waals surface area contributed by atoms with E-state index in [0.29, 0.717) is 17.4 Å². The third kappa shape index (κ3) is 4.23. The Hall–Kier alpha value is -0.120. The van der Waals surface area contributed by atoms with Gasteiger partial charge in [-0.25, -0.2) is 0 Å². The van der Waals surface area contributed by atoms with Crippen LogP contribution in [0.5, 0.6) is 0 Å². The van der Waals surface area contributed by atoms with Crippen LogP contribution in [0.25, 0.3) is 0 Å². The molecule has 1 aliphatic carbocycles. The van der Waals surface area contributed by atoms with Crippen LogP contribution in [0.4, 0.5) is 0 Å². The first-order valence-electron chi connectivity index (χ1n) is 6.68. The van der Waals surface area contributed by atoms with Crippen molar-refractivity contribution in [3.63, 3.8) is 0 Å². The summed E-state index contributed by atoms with van der Waals surface area (Å²) in [6.07, 6.45) is 3.58. The van der Waals surface area contributed by atoms with Crippen LogP contribution in [0, 0.1) is 10.8 Å². The number of nitrogens with one attached hydrogen (secondary N) is 1. The summed E-state index contributed by atoms with van der Waals surface area (Å²) >= 11 is 0. The predicted octanol–water partition coefficient (Wildman–Crippen LogP) is 2.16. The quantitative estimate of drug-likeness (QED) is 0.726. The van der Waals surface area contributed by atoms with E-state index in [1.165, 1.54) is 6.42 Å². The Kier molecular flexibility index (Phi) is 4.61. The Morgan fingerprint density at radius 3 is 2.00 bits per heavy atom. The molecule has 1 saturated carbocycles. The van der Waals surface area contributed by atoms with Gasteiger partial charge in [-0.2, -0.15) is 0 Å². The van der Waals surface area contributed by atoms with Gasteiger partial charge in [0.2, 0.25) is 0 Å². The minimum Gasteiger partial charge on any atom is -0.383 e. The van der Waals surface area contributed by atoms with Gasteiger partial charge in [0.15, 0.2) is 0 Å². The third-order valence-corrected chi connectivity index (χ3v) is 3.79. The summed E-state index contributed by atoms with van der Waals surface area (Å²) < 4.78 is 5.12. The van der Waals surface area contributed by atoms with Crippen molar-refractivity contribution in [3.05, 3.63) is 0 Å². The highest BCUT2D eigenvalue weighted by atomic mass is 16.5. The van der Waals surface area contributed by atoms with E-state index in [4.69, 9.17) is 10.5 Å². The molecule has 3 N–H and O–H groups in total. The van der Waals surface area contributed by atoms with Crippen molar-refractivity contribution in [2.75, 3.05) is 26.8 Å². The summed E-state index contributed by atoms with van der Waals surface area (Å²) in [5.74, 6) is 0. The van der Waals surface area contributed by atoms with Gasteiger partial charge in [-0.15, -0.1) is 0 Å². The van der Waals surface area contributed by atoms with Crippen LogP contribution < -0.4 is 11.1 Å². The Labute approximate surface area is 106 Å². The molecule has 0 saturated heterocycles. The lowest BCUT2D eigenvalue weighted by Crippen LogP contribution is -2.59. The molecule has 0 unspecified atom stereocenters. The zero-order chi connectivity index (χ0) is 13.2. The van der Waals surface area contributed by atoms with Crippen molar-refractivity contribution in [1.82, 2.24) is 5.32 Å². The summed E-state index contributed by atoms with van der Waals surface area (Å²) in [7, 11) is 1.74. The summed E-state index contributed by atoms with van der Waals surface area (Å²) in [5.41, 5.74) is 6.87. The van der Waals surface area contributed by atoms with Crippen molar-refractivity contribution in [2.24, 2.45) is 16.6 Å². The van der Waals surface area contributed by atoms with Crippen LogP contribution in [0.2, 0.25) is 0 Å². The van der Waals surface area contributed by atoms with Gasteiger partial charge in [0.1, 0.15) is 0 Å². The van der Waals surface area contributed by atoms with E-state index in [1.807, 2.05) is 0 Å². The van der Waals surface area contributed by atoms with E-state index in [1.54, 1.807) is 7.11 Å². The zero-order valence-electron chi connectivity index (χ0n) is 12.2. The van der Waals surface area contributed by atoms with Crippen LogP contribution in [0.1, 0.15) is 47.0 Å². The lowest BCUT2D eigenvalue weighted by atomic mass is 9.58. The first kappa shape index (κ1) is 14.9. The third-order valence-electron chi connectivity index (χ3n) is 3.79. The number of ether oxygens (including phenoxy) is 1. The van der Waals surface area contributed by atoms with Crippen LogP contribution in [-0.2, 0) is 4.74 Å². The number of hydrogen-bond donors (Lipinski definition) is 2. The second-order valence-electron chi connectivity index (χ2n) is 7.26. The summed E-state index contributed by atoms with van der Waals surface area (Å²) in [6.45, 7) is 11.8. The fourth-order valence-corrected chi connectivity index (χ4v) is 4.07. The molecule has 0 radical (unpaired) electrons. The number of hydrogen-bond acceptors (Lipinski definition) is 3. The van der Waals surface area contributed by atoms with Crippen molar-refractivity contribution in [2.45, 2.75) is 52.5 Å². The monoisotopic (exact) mass is 242 g/mol. The molecule has 0 bridgehead atoms. The number of methoxy groups -OCH3 is 1. The van der Waals surface area contributed by atoms with Gasteiger partial charge in [0.25, 0.3) is 0 Å². The first-order chi connectivity index (χ1) is 7.74. The molecule has 102 valence electrons. The molecule has 0 aliphatic heterocycles. The minimum absolute atomic E-state index is 0.0871. The Balaban J connectivity index is 2.75. The first-order valence-corrected chi connectivity index (χ1v) is 6.68. The van der Waals surface area contributed by atoms with E-state index in [0.717, 1.165) is 26.0 Å². The lowest BCUT2D eigenvalue weighted by Gasteiger charge is -2.52. The van der Waals surface area contributed by atoms with Gasteiger partial charge in [-0.05, 0) is 30.1 Å². The normalized spacial score (nSPS) is 25.8. The molecule has 3 nitrogen and oxygen atoms in total. The van der Waals surface area contributed by atoms with Crippen LogP contribution in [0.15, 0.2) is 0 Å². The molecule has 0 atom stereocenters. The van der Waals surface area contributed by atoms with Gasteiger partial charge in [0, 0.05) is 25.7 Å². The summed E-state index contributed by atoms with van der Waals surface area (Å²) in [4.78, 5) is 0. The largest absolute Gasteiger partial charge is 0.383 e. The average molecular weight is 242 g/mol. The Morgan fingerprint density at radius 1 is 1.06 bits per heavy atom. The molecular weight excluding hydrogens is 212 g/mol. The number of nitrogens with two attached hydrogens (primary N) is 1. The maximum absolute atomic E-state index is 6.06. The maximum Gasteiger partial charge on any atom is 0.0587 e. The Morgan fingerprint density at radius 2 is 1.59 bits per heavy atom. The summed E-state index contributed by atoms with van der Waals surface area (Å²) in [6, 6.07) is 0. The molecule has 3 heteroatoms. The fraction of sp³-hybridized carbons (Fsp3) is 1.00. The molecule has 0 amide bonds. The van der Waals surface area contributed by atoms with Gasteiger partial charge in [0.05, 0.1) is 6.61 Å². The second kappa shape index (κ2) is 5.25. The van der Waals surface area contributed by atoms with Gasteiger partial charge >= 0.3 is 0 Å². The highest BCUT2D eigenvalue weighted by Gasteiger charge is 2.46. The molecule has 1 rings (SSSR count). The summed E-state index contributed by atoms with van der Waals surface area (Å²) in [5, 5.41) is 3.65. The molecule has 0 aromatic rings. The average Bonchev–Trinajstić information content (AvgIpc) is 2.13. The van der Waals surface area contributed by atoms with Gasteiger partial charge in [-0.3, -0.25) is 0 Å². The van der Waals surface area contributed by atoms with E-state index >= 15 is 0 Å². The SMILES string of the molecule is COCCNC1(CN)CC(C)(C)CC(C)(C)C1. The van der Waals surface area contributed by atoms with Crippen molar-refractivity contribution >= 4 is 0 Å². The minimum atomic E-state index is 0.0871. The highest BCUT2D eigenvalue weighted by Crippen LogP contribution is 2.49. The van der Waals surface area contributed by atoms with Gasteiger partial charge in [-0.1, -0.05) is 27.7 Å². The molecule has 17 heavy (non-hydrogen) atoms. The van der Waals surface area contributed by atoms with Crippen LogP contribution >= 0.6 is 0 Å². The topological polar surface area (TPSA) is 47.3 Å². The van der Waals surface area contributed by atoms with E-state index < -0.39 is 0 Å². The van der Waals surface area contributed by atoms with Gasteiger partial charge < -0.3 is 15.8 Å². The van der Waals surface area contributed by atoms with E-state index in [9.17, 15) is 0 Å². The fourth-order valence-electron chi connectivity index (χ4n) is 4.07. The standard InChI is InChI=1S/C14H30N2O/c1-12(2)8-13(3,4)10-14(9-12,11-15)16-6-7-17-5/h16H,6-11,15H2,1-5H3. The van der Waals surface area contributed by atoms with Crippen LogP contribution in [-0.4, -0.2) is 32.3 Å². The molecule has 0 spiro atoms. The van der Waals surface area contributed by atoms with Crippen molar-refractivity contribution in [1.29, 1.82) is 0 Å². The molecule has 1 aliphatic rings. The molecule has 1 fully saturated rings. The zero-order valence-corrected chi connectivity index (χ0v) is 12.2. The molecule has 0 heterocycles.